The van der Waals surface area contributed by atoms with Crippen LogP contribution in [-0.2, 0) is 6.42 Å². The van der Waals surface area contributed by atoms with Crippen molar-refractivity contribution in [2.75, 3.05) is 6.54 Å². The molecule has 0 radical (unpaired) electrons. The van der Waals surface area contributed by atoms with Gasteiger partial charge in [0.05, 0.1) is 11.6 Å². The van der Waals surface area contributed by atoms with E-state index in [1.54, 1.807) is 24.3 Å². The van der Waals surface area contributed by atoms with Crippen molar-refractivity contribution in [3.63, 3.8) is 0 Å². The highest BCUT2D eigenvalue weighted by Crippen LogP contribution is 2.08. The van der Waals surface area contributed by atoms with Crippen molar-refractivity contribution in [2.24, 2.45) is 0 Å². The number of benzene rings is 2. The Labute approximate surface area is 120 Å². The lowest BCUT2D eigenvalue weighted by atomic mass is 10.1. The van der Waals surface area contributed by atoms with E-state index in [-0.39, 0.29) is 12.5 Å². The Balaban J connectivity index is 1.90. The van der Waals surface area contributed by atoms with E-state index in [1.165, 1.54) is 12.1 Å². The molecule has 0 aliphatic rings. The fourth-order valence-corrected chi connectivity index (χ4v) is 1.87. The van der Waals surface area contributed by atoms with Gasteiger partial charge < -0.3 is 5.32 Å². The van der Waals surface area contributed by atoms with Gasteiger partial charge in [-0.2, -0.15) is 5.26 Å². The van der Waals surface area contributed by atoms with Crippen LogP contribution >= 0.6 is 0 Å². The molecular weight excluding hydrogens is 274 g/mol. The van der Waals surface area contributed by atoms with Crippen LogP contribution in [0.5, 0.6) is 0 Å². The second kappa shape index (κ2) is 6.62. The third-order valence-corrected chi connectivity index (χ3v) is 2.90. The summed E-state index contributed by atoms with van der Waals surface area (Å²) < 4.78 is 26.0. The standard InChI is InChI=1S/C16H12F2N2O/c17-14-7-12(8-15(18)9-14)5-6-20-16(21)13-3-1-11(10-19)2-4-13/h1-4,7-9H,5-6H2,(H,20,21). The maximum Gasteiger partial charge on any atom is 0.251 e. The van der Waals surface area contributed by atoms with Crippen LogP contribution in [0.15, 0.2) is 42.5 Å². The highest BCUT2D eigenvalue weighted by Gasteiger charge is 2.06. The molecule has 106 valence electrons. The van der Waals surface area contributed by atoms with E-state index in [2.05, 4.69) is 5.32 Å². The molecule has 0 spiro atoms. The average Bonchev–Trinajstić information content (AvgIpc) is 2.46. The quantitative estimate of drug-likeness (QED) is 0.939. The van der Waals surface area contributed by atoms with Crippen LogP contribution in [0.3, 0.4) is 0 Å². The van der Waals surface area contributed by atoms with Crippen LogP contribution in [0.1, 0.15) is 21.5 Å². The monoisotopic (exact) mass is 286 g/mol. The minimum absolute atomic E-state index is 0.266. The second-order valence-corrected chi connectivity index (χ2v) is 4.47. The van der Waals surface area contributed by atoms with Gasteiger partial charge in [0.15, 0.2) is 0 Å². The van der Waals surface area contributed by atoms with E-state index in [0.29, 0.717) is 23.1 Å². The van der Waals surface area contributed by atoms with Crippen molar-refractivity contribution in [3.8, 4) is 6.07 Å². The molecule has 0 bridgehead atoms. The summed E-state index contributed by atoms with van der Waals surface area (Å²) in [6, 6.07) is 11.4. The molecular formula is C16H12F2N2O. The fourth-order valence-electron chi connectivity index (χ4n) is 1.87. The van der Waals surface area contributed by atoms with Gasteiger partial charge in [-0.25, -0.2) is 8.78 Å². The Morgan fingerprint density at radius 1 is 1.10 bits per heavy atom. The highest BCUT2D eigenvalue weighted by atomic mass is 19.1. The van der Waals surface area contributed by atoms with Gasteiger partial charge in [0.25, 0.3) is 5.91 Å². The Kier molecular flexibility index (Phi) is 4.62. The Bertz CT molecular complexity index is 670. The minimum atomic E-state index is -0.636. The van der Waals surface area contributed by atoms with E-state index in [4.69, 9.17) is 5.26 Å². The number of carbonyl (C=O) groups excluding carboxylic acids is 1. The maximum atomic E-state index is 13.0. The third kappa shape index (κ3) is 4.11. The first-order valence-electron chi connectivity index (χ1n) is 6.32. The van der Waals surface area contributed by atoms with Crippen molar-refractivity contribution >= 4 is 5.91 Å². The van der Waals surface area contributed by atoms with Crippen LogP contribution in [0.25, 0.3) is 0 Å². The molecule has 0 atom stereocenters. The van der Waals surface area contributed by atoms with Gasteiger partial charge in [0.2, 0.25) is 0 Å². The average molecular weight is 286 g/mol. The lowest BCUT2D eigenvalue weighted by Gasteiger charge is -2.06. The molecule has 2 aromatic carbocycles. The lowest BCUT2D eigenvalue weighted by molar-refractivity contribution is 0.0954. The third-order valence-electron chi connectivity index (χ3n) is 2.90. The number of rotatable bonds is 4. The Morgan fingerprint density at radius 2 is 1.71 bits per heavy atom. The summed E-state index contributed by atoms with van der Waals surface area (Å²) in [5, 5.41) is 11.3. The minimum Gasteiger partial charge on any atom is -0.352 e. The van der Waals surface area contributed by atoms with Crippen molar-refractivity contribution in [2.45, 2.75) is 6.42 Å². The number of halogens is 2. The molecule has 1 N–H and O–H groups in total. The van der Waals surface area contributed by atoms with Crippen LogP contribution in [0.2, 0.25) is 0 Å². The Morgan fingerprint density at radius 3 is 2.29 bits per heavy atom. The number of hydrogen-bond acceptors (Lipinski definition) is 2. The van der Waals surface area contributed by atoms with Crippen molar-refractivity contribution < 1.29 is 13.6 Å². The van der Waals surface area contributed by atoms with Crippen LogP contribution in [0.4, 0.5) is 8.78 Å². The van der Waals surface area contributed by atoms with Gasteiger partial charge in [-0.05, 0) is 48.4 Å². The first-order valence-corrected chi connectivity index (χ1v) is 6.32. The van der Waals surface area contributed by atoms with Crippen LogP contribution < -0.4 is 5.32 Å². The Hall–Kier alpha value is -2.74. The predicted molar refractivity (Wildman–Crippen MR) is 73.6 cm³/mol. The van der Waals surface area contributed by atoms with Gasteiger partial charge in [0, 0.05) is 18.2 Å². The molecule has 2 rings (SSSR count). The molecule has 0 fully saturated rings. The molecule has 0 aromatic heterocycles. The normalized spacial score (nSPS) is 9.95. The number of nitriles is 1. The topological polar surface area (TPSA) is 52.9 Å². The molecule has 0 aliphatic heterocycles. The first kappa shape index (κ1) is 14.7. The van der Waals surface area contributed by atoms with Crippen molar-refractivity contribution in [1.82, 2.24) is 5.32 Å². The summed E-state index contributed by atoms with van der Waals surface area (Å²) in [6.45, 7) is 0.266. The van der Waals surface area contributed by atoms with Gasteiger partial charge >= 0.3 is 0 Å². The molecule has 0 heterocycles. The molecule has 0 saturated heterocycles. The highest BCUT2D eigenvalue weighted by molar-refractivity contribution is 5.94. The van der Waals surface area contributed by atoms with E-state index >= 15 is 0 Å². The molecule has 3 nitrogen and oxygen atoms in total. The van der Waals surface area contributed by atoms with E-state index in [1.807, 2.05) is 6.07 Å². The van der Waals surface area contributed by atoms with Crippen LogP contribution in [0, 0.1) is 23.0 Å². The lowest BCUT2D eigenvalue weighted by Crippen LogP contribution is -2.25. The molecule has 5 heteroatoms. The number of nitrogens with one attached hydrogen (secondary N) is 1. The maximum absolute atomic E-state index is 13.0. The van der Waals surface area contributed by atoms with Crippen LogP contribution in [-0.4, -0.2) is 12.5 Å². The van der Waals surface area contributed by atoms with Gasteiger partial charge in [-0.1, -0.05) is 0 Å². The van der Waals surface area contributed by atoms with Gasteiger partial charge in [-0.3, -0.25) is 4.79 Å². The SMILES string of the molecule is N#Cc1ccc(C(=O)NCCc2cc(F)cc(F)c2)cc1. The number of amides is 1. The summed E-state index contributed by atoms with van der Waals surface area (Å²) in [7, 11) is 0. The summed E-state index contributed by atoms with van der Waals surface area (Å²) >= 11 is 0. The number of carbonyl (C=O) groups is 1. The molecule has 2 aromatic rings. The van der Waals surface area contributed by atoms with E-state index < -0.39 is 11.6 Å². The smallest absolute Gasteiger partial charge is 0.251 e. The number of hydrogen-bond donors (Lipinski definition) is 1. The van der Waals surface area contributed by atoms with E-state index in [9.17, 15) is 13.6 Å². The molecule has 0 unspecified atom stereocenters. The molecule has 0 saturated carbocycles. The number of nitrogens with zero attached hydrogens (tertiary/aromatic N) is 1. The molecule has 0 aliphatic carbocycles. The predicted octanol–water partition coefficient (Wildman–Crippen LogP) is 2.81. The zero-order valence-electron chi connectivity index (χ0n) is 11.1. The van der Waals surface area contributed by atoms with Gasteiger partial charge in [0.1, 0.15) is 11.6 Å². The zero-order valence-corrected chi connectivity index (χ0v) is 11.1. The zero-order chi connectivity index (χ0) is 15.2. The second-order valence-electron chi connectivity index (χ2n) is 4.47. The summed E-state index contributed by atoms with van der Waals surface area (Å²) in [4.78, 5) is 11.8. The largest absolute Gasteiger partial charge is 0.352 e. The summed E-state index contributed by atoms with van der Waals surface area (Å²) in [5.74, 6) is -1.57. The molecule has 1 amide bonds. The van der Waals surface area contributed by atoms with Crippen molar-refractivity contribution in [1.29, 1.82) is 5.26 Å². The van der Waals surface area contributed by atoms with Gasteiger partial charge in [-0.15, -0.1) is 0 Å². The molecule has 21 heavy (non-hydrogen) atoms. The summed E-state index contributed by atoms with van der Waals surface area (Å²) in [5.41, 5.74) is 1.38. The fraction of sp³-hybridized carbons (Fsp3) is 0.125. The van der Waals surface area contributed by atoms with Crippen molar-refractivity contribution in [3.05, 3.63) is 70.8 Å². The first-order chi connectivity index (χ1) is 10.1. The summed E-state index contributed by atoms with van der Waals surface area (Å²) in [6.07, 6.45) is 0.330. The van der Waals surface area contributed by atoms with E-state index in [0.717, 1.165) is 6.07 Å².